The summed E-state index contributed by atoms with van der Waals surface area (Å²) in [6, 6.07) is 14.5. The van der Waals surface area contributed by atoms with Crippen LogP contribution in [0.5, 0.6) is 0 Å². The van der Waals surface area contributed by atoms with Crippen molar-refractivity contribution in [3.05, 3.63) is 77.0 Å². The minimum atomic E-state index is -3.49. The predicted molar refractivity (Wildman–Crippen MR) is 141 cm³/mol. The zero-order valence-electron chi connectivity index (χ0n) is 20.6. The molecular formula is C26H33N5O4S. The Morgan fingerprint density at radius 2 is 2.00 bits per heavy atom. The van der Waals surface area contributed by atoms with Gasteiger partial charge in [0.15, 0.2) is 0 Å². The molecule has 0 bridgehead atoms. The van der Waals surface area contributed by atoms with Crippen LogP contribution in [-0.2, 0) is 27.8 Å². The fourth-order valence-corrected chi connectivity index (χ4v) is 5.39. The number of nitrogens with one attached hydrogen (secondary N) is 3. The smallest absolute Gasteiger partial charge is 0.278 e. The van der Waals surface area contributed by atoms with Gasteiger partial charge in [-0.1, -0.05) is 36.4 Å². The van der Waals surface area contributed by atoms with E-state index in [1.54, 1.807) is 11.6 Å². The number of hydrogen-bond donors (Lipinski definition) is 4. The van der Waals surface area contributed by atoms with Crippen molar-refractivity contribution >= 4 is 33.1 Å². The lowest BCUT2D eigenvalue weighted by atomic mass is 10.0. The first-order valence-electron chi connectivity index (χ1n) is 12.0. The summed E-state index contributed by atoms with van der Waals surface area (Å²) >= 11 is 0. The summed E-state index contributed by atoms with van der Waals surface area (Å²) in [5.41, 5.74) is 7.29. The minimum Gasteiger partial charge on any atom is -0.361 e. The highest BCUT2D eigenvalue weighted by Crippen LogP contribution is 2.36. The molecule has 0 aliphatic heterocycles. The Morgan fingerprint density at radius 1 is 1.19 bits per heavy atom. The number of rotatable bonds is 11. The maximum atomic E-state index is 12.2. The first-order valence-corrected chi connectivity index (χ1v) is 13.4. The van der Waals surface area contributed by atoms with E-state index in [-0.39, 0.29) is 6.04 Å². The third kappa shape index (κ3) is 6.03. The van der Waals surface area contributed by atoms with Gasteiger partial charge in [-0.05, 0) is 53.7 Å². The van der Waals surface area contributed by atoms with Crippen LogP contribution in [0.25, 0.3) is 17.0 Å². The molecule has 1 atom stereocenters. The maximum Gasteiger partial charge on any atom is 0.278 e. The molecule has 192 valence electrons. The molecule has 1 heterocycles. The van der Waals surface area contributed by atoms with Crippen molar-refractivity contribution in [3.8, 4) is 0 Å². The standard InChI is InChI=1S/C26H33N5O4S/c1-30(2)36(34,35)28-14-16-31(15-13-21-18-27-24-6-4-3-5-22(21)24)25-11-9-20-17-19(7-10-23(20)25)8-12-26(32)29-33/h3-8,10,12,17-18,25,27-28,33H,9,11,13-16H2,1-2H3,(H,29,32). The van der Waals surface area contributed by atoms with Crippen LogP contribution in [0.3, 0.4) is 0 Å². The van der Waals surface area contributed by atoms with Crippen LogP contribution in [0.2, 0.25) is 0 Å². The average molecular weight is 512 g/mol. The molecule has 1 aliphatic carbocycles. The van der Waals surface area contributed by atoms with Gasteiger partial charge in [-0.15, -0.1) is 0 Å². The zero-order valence-corrected chi connectivity index (χ0v) is 21.4. The van der Waals surface area contributed by atoms with Gasteiger partial charge in [-0.3, -0.25) is 14.9 Å². The number of amides is 1. The topological polar surface area (TPSA) is 118 Å². The second kappa shape index (κ2) is 11.4. The third-order valence-electron chi connectivity index (χ3n) is 6.70. The van der Waals surface area contributed by atoms with Crippen molar-refractivity contribution < 1.29 is 18.4 Å². The van der Waals surface area contributed by atoms with E-state index in [0.29, 0.717) is 13.1 Å². The van der Waals surface area contributed by atoms with E-state index in [1.165, 1.54) is 46.6 Å². The quantitative estimate of drug-likeness (QED) is 0.179. The van der Waals surface area contributed by atoms with Crippen LogP contribution in [0.1, 0.15) is 34.7 Å². The number of hydrogen-bond acceptors (Lipinski definition) is 5. The summed E-state index contributed by atoms with van der Waals surface area (Å²) in [4.78, 5) is 17.0. The molecule has 1 aliphatic rings. The number of para-hydroxylation sites is 1. The van der Waals surface area contributed by atoms with Crippen LogP contribution >= 0.6 is 0 Å². The first kappa shape index (κ1) is 26.1. The van der Waals surface area contributed by atoms with Gasteiger partial charge in [0.05, 0.1) is 0 Å². The molecule has 1 unspecified atom stereocenters. The molecule has 1 amide bonds. The largest absolute Gasteiger partial charge is 0.361 e. The minimum absolute atomic E-state index is 0.174. The maximum absolute atomic E-state index is 12.2. The monoisotopic (exact) mass is 511 g/mol. The number of carbonyl (C=O) groups is 1. The van der Waals surface area contributed by atoms with E-state index in [2.05, 4.69) is 45.1 Å². The van der Waals surface area contributed by atoms with E-state index in [4.69, 9.17) is 5.21 Å². The summed E-state index contributed by atoms with van der Waals surface area (Å²) in [6.07, 6.45) is 7.70. The number of nitrogens with zero attached hydrogens (tertiary/aromatic N) is 2. The number of aromatic amines is 1. The SMILES string of the molecule is CN(C)S(=O)(=O)NCCN(CCc1c[nH]c2ccccc12)C1CCc2cc(C=CC(=O)NO)ccc21. The zero-order chi connectivity index (χ0) is 25.7. The number of hydroxylamine groups is 1. The van der Waals surface area contributed by atoms with Crippen LogP contribution in [0.4, 0.5) is 0 Å². The van der Waals surface area contributed by atoms with Gasteiger partial charge in [0, 0.05) is 62.9 Å². The van der Waals surface area contributed by atoms with Gasteiger partial charge in [-0.2, -0.15) is 12.7 Å². The van der Waals surface area contributed by atoms with Crippen molar-refractivity contribution in [2.45, 2.75) is 25.3 Å². The first-order chi connectivity index (χ1) is 17.3. The average Bonchev–Trinajstić information content (AvgIpc) is 3.48. The Balaban J connectivity index is 1.52. The van der Waals surface area contributed by atoms with Crippen LogP contribution in [-0.4, -0.2) is 67.5 Å². The van der Waals surface area contributed by atoms with E-state index >= 15 is 0 Å². The van der Waals surface area contributed by atoms with Gasteiger partial charge in [0.2, 0.25) is 0 Å². The number of carbonyl (C=O) groups excluding carboxylic acids is 1. The van der Waals surface area contributed by atoms with E-state index in [0.717, 1.165) is 36.9 Å². The molecule has 3 aromatic rings. The van der Waals surface area contributed by atoms with E-state index < -0.39 is 16.1 Å². The number of aryl methyl sites for hydroxylation is 1. The molecule has 4 N–H and O–H groups in total. The van der Waals surface area contributed by atoms with Gasteiger partial charge >= 0.3 is 0 Å². The lowest BCUT2D eigenvalue weighted by Gasteiger charge is -2.30. The number of H-pyrrole nitrogens is 1. The summed E-state index contributed by atoms with van der Waals surface area (Å²) in [6.45, 7) is 1.68. The lowest BCUT2D eigenvalue weighted by Crippen LogP contribution is -2.41. The van der Waals surface area contributed by atoms with Gasteiger partial charge in [0.25, 0.3) is 16.1 Å². The van der Waals surface area contributed by atoms with Crippen molar-refractivity contribution in [2.24, 2.45) is 0 Å². The molecule has 0 radical (unpaired) electrons. The predicted octanol–water partition coefficient (Wildman–Crippen LogP) is 2.61. The normalized spacial score (nSPS) is 15.9. The molecule has 0 fully saturated rings. The van der Waals surface area contributed by atoms with Crippen LogP contribution < -0.4 is 10.2 Å². The molecule has 9 nitrogen and oxygen atoms in total. The summed E-state index contributed by atoms with van der Waals surface area (Å²) in [7, 11) is -0.464. The van der Waals surface area contributed by atoms with Crippen LogP contribution in [0, 0.1) is 0 Å². The number of fused-ring (bicyclic) bond motifs is 2. The van der Waals surface area contributed by atoms with E-state index in [9.17, 15) is 13.2 Å². The molecule has 0 spiro atoms. The van der Waals surface area contributed by atoms with Gasteiger partial charge < -0.3 is 4.98 Å². The number of benzene rings is 2. The van der Waals surface area contributed by atoms with Gasteiger partial charge in [-0.25, -0.2) is 10.2 Å². The molecule has 36 heavy (non-hydrogen) atoms. The molecular weight excluding hydrogens is 478 g/mol. The molecule has 10 heteroatoms. The van der Waals surface area contributed by atoms with Crippen molar-refractivity contribution in [1.82, 2.24) is 24.4 Å². The Morgan fingerprint density at radius 3 is 2.78 bits per heavy atom. The Bertz CT molecular complexity index is 1350. The second-order valence-corrected chi connectivity index (χ2v) is 11.1. The van der Waals surface area contributed by atoms with E-state index in [1.807, 2.05) is 18.2 Å². The third-order valence-corrected chi connectivity index (χ3v) is 8.23. The summed E-state index contributed by atoms with van der Waals surface area (Å²) in [5, 5.41) is 9.90. The lowest BCUT2D eigenvalue weighted by molar-refractivity contribution is -0.124. The van der Waals surface area contributed by atoms with Crippen LogP contribution in [0.15, 0.2) is 54.7 Å². The number of aromatic nitrogens is 1. The molecule has 4 rings (SSSR count). The molecule has 1 aromatic heterocycles. The fourth-order valence-electron chi connectivity index (χ4n) is 4.78. The highest BCUT2D eigenvalue weighted by Gasteiger charge is 2.28. The van der Waals surface area contributed by atoms with Gasteiger partial charge in [0.1, 0.15) is 0 Å². The Hall–Kier alpha value is -3.02. The Labute approximate surface area is 211 Å². The Kier molecular flexibility index (Phi) is 8.22. The summed E-state index contributed by atoms with van der Waals surface area (Å²) in [5.74, 6) is -0.572. The highest BCUT2D eigenvalue weighted by atomic mass is 32.2. The molecule has 0 saturated heterocycles. The van der Waals surface area contributed by atoms with Crippen molar-refractivity contribution in [3.63, 3.8) is 0 Å². The highest BCUT2D eigenvalue weighted by molar-refractivity contribution is 7.87. The molecule has 2 aromatic carbocycles. The molecule has 0 saturated carbocycles. The summed E-state index contributed by atoms with van der Waals surface area (Å²) < 4.78 is 28.3. The fraction of sp³-hybridized carbons (Fsp3) is 0.346. The van der Waals surface area contributed by atoms with Crippen molar-refractivity contribution in [1.29, 1.82) is 0 Å². The second-order valence-electron chi connectivity index (χ2n) is 9.15. The van der Waals surface area contributed by atoms with Crippen molar-refractivity contribution in [2.75, 3.05) is 33.7 Å².